The molecule has 6 heteroatoms. The SMILES string of the molecule is N=C1SCC(=O)N1c1cncs1. The summed E-state index contributed by atoms with van der Waals surface area (Å²) in [5, 5.41) is 8.49. The maximum atomic E-state index is 11.2. The van der Waals surface area contributed by atoms with Crippen LogP contribution >= 0.6 is 23.1 Å². The van der Waals surface area contributed by atoms with E-state index < -0.39 is 0 Å². The molecule has 62 valence electrons. The van der Waals surface area contributed by atoms with Gasteiger partial charge in [0.1, 0.15) is 5.00 Å². The van der Waals surface area contributed by atoms with Gasteiger partial charge in [-0.1, -0.05) is 11.8 Å². The third-order valence-corrected chi connectivity index (χ3v) is 3.03. The van der Waals surface area contributed by atoms with Gasteiger partial charge in [0.2, 0.25) is 5.91 Å². The molecule has 0 spiro atoms. The number of carbonyl (C=O) groups is 1. The van der Waals surface area contributed by atoms with Crippen molar-refractivity contribution in [1.82, 2.24) is 4.98 Å². The lowest BCUT2D eigenvalue weighted by Gasteiger charge is -2.09. The number of amides is 1. The van der Waals surface area contributed by atoms with Gasteiger partial charge in [0.25, 0.3) is 0 Å². The van der Waals surface area contributed by atoms with Gasteiger partial charge in [0.15, 0.2) is 5.17 Å². The van der Waals surface area contributed by atoms with E-state index in [0.717, 1.165) is 5.00 Å². The highest BCUT2D eigenvalue weighted by atomic mass is 32.2. The number of carbonyl (C=O) groups excluding carboxylic acids is 1. The Bertz CT molecular complexity index is 306. The number of aromatic nitrogens is 1. The Morgan fingerprint density at radius 3 is 3.00 bits per heavy atom. The van der Waals surface area contributed by atoms with Crippen LogP contribution in [0, 0.1) is 5.41 Å². The van der Waals surface area contributed by atoms with Crippen molar-refractivity contribution >= 4 is 39.2 Å². The van der Waals surface area contributed by atoms with E-state index in [1.807, 2.05) is 0 Å². The average molecular weight is 199 g/mol. The molecule has 1 aliphatic heterocycles. The van der Waals surface area contributed by atoms with E-state index >= 15 is 0 Å². The number of thioether (sulfide) groups is 1. The van der Waals surface area contributed by atoms with Gasteiger partial charge < -0.3 is 0 Å². The Hall–Kier alpha value is -0.880. The smallest absolute Gasteiger partial charge is 0.244 e. The van der Waals surface area contributed by atoms with Crippen molar-refractivity contribution in [1.29, 1.82) is 5.41 Å². The predicted molar refractivity (Wildman–Crippen MR) is 49.8 cm³/mol. The normalized spacial score (nSPS) is 17.5. The lowest BCUT2D eigenvalue weighted by atomic mass is 10.6. The Kier molecular flexibility index (Phi) is 1.86. The zero-order valence-corrected chi connectivity index (χ0v) is 7.61. The zero-order chi connectivity index (χ0) is 8.55. The fraction of sp³-hybridized carbons (Fsp3) is 0.167. The summed E-state index contributed by atoms with van der Waals surface area (Å²) in [4.78, 5) is 16.5. The number of nitrogens with one attached hydrogen (secondary N) is 1. The number of amidine groups is 1. The zero-order valence-electron chi connectivity index (χ0n) is 5.98. The molecule has 12 heavy (non-hydrogen) atoms. The van der Waals surface area contributed by atoms with Gasteiger partial charge in [-0.15, -0.1) is 11.3 Å². The van der Waals surface area contributed by atoms with Crippen LogP contribution in [-0.4, -0.2) is 21.8 Å². The van der Waals surface area contributed by atoms with Crippen molar-refractivity contribution in [3.63, 3.8) is 0 Å². The summed E-state index contributed by atoms with van der Waals surface area (Å²) in [5.74, 6) is 0.339. The Morgan fingerprint density at radius 2 is 2.50 bits per heavy atom. The minimum absolute atomic E-state index is 0.0331. The van der Waals surface area contributed by atoms with Crippen LogP contribution in [0.1, 0.15) is 0 Å². The van der Waals surface area contributed by atoms with E-state index in [2.05, 4.69) is 4.98 Å². The number of hydrogen-bond acceptors (Lipinski definition) is 5. The minimum Gasteiger partial charge on any atom is -0.278 e. The van der Waals surface area contributed by atoms with Crippen molar-refractivity contribution < 1.29 is 4.79 Å². The fourth-order valence-corrected chi connectivity index (χ4v) is 2.34. The van der Waals surface area contributed by atoms with Crippen LogP contribution < -0.4 is 4.90 Å². The quantitative estimate of drug-likeness (QED) is 0.738. The van der Waals surface area contributed by atoms with E-state index in [0.29, 0.717) is 10.9 Å². The molecule has 1 fully saturated rings. The monoisotopic (exact) mass is 199 g/mol. The minimum atomic E-state index is -0.0331. The van der Waals surface area contributed by atoms with Crippen molar-refractivity contribution in [2.75, 3.05) is 10.7 Å². The number of anilines is 1. The maximum Gasteiger partial charge on any atom is 0.244 e. The average Bonchev–Trinajstić information content (AvgIpc) is 2.61. The Morgan fingerprint density at radius 1 is 1.67 bits per heavy atom. The molecule has 1 aromatic rings. The standard InChI is InChI=1S/C6H5N3OS2/c7-6-9(4(10)2-11-6)5-1-8-3-12-5/h1,3,7H,2H2. The van der Waals surface area contributed by atoms with Crippen molar-refractivity contribution in [3.8, 4) is 0 Å². The molecular weight excluding hydrogens is 194 g/mol. The summed E-state index contributed by atoms with van der Waals surface area (Å²) >= 11 is 2.62. The number of hydrogen-bond donors (Lipinski definition) is 1. The summed E-state index contributed by atoms with van der Waals surface area (Å²) in [7, 11) is 0. The van der Waals surface area contributed by atoms with Crippen LogP contribution in [0.5, 0.6) is 0 Å². The molecule has 1 aliphatic rings. The Labute approximate surface area is 77.1 Å². The highest BCUT2D eigenvalue weighted by Gasteiger charge is 2.28. The van der Waals surface area contributed by atoms with Crippen LogP contribution in [0.25, 0.3) is 0 Å². The molecule has 0 aromatic carbocycles. The molecule has 0 aliphatic carbocycles. The second-order valence-electron chi connectivity index (χ2n) is 2.16. The lowest BCUT2D eigenvalue weighted by Crippen LogP contribution is -2.27. The largest absolute Gasteiger partial charge is 0.278 e. The number of nitrogens with zero attached hydrogens (tertiary/aromatic N) is 2. The van der Waals surface area contributed by atoms with Gasteiger partial charge in [-0.25, -0.2) is 4.90 Å². The van der Waals surface area contributed by atoms with E-state index in [4.69, 9.17) is 5.41 Å². The second kappa shape index (κ2) is 2.87. The van der Waals surface area contributed by atoms with Gasteiger partial charge in [-0.2, -0.15) is 0 Å². The number of thiazole rings is 1. The van der Waals surface area contributed by atoms with Gasteiger partial charge in [0, 0.05) is 0 Å². The molecule has 1 saturated heterocycles. The molecule has 0 unspecified atom stereocenters. The van der Waals surface area contributed by atoms with Gasteiger partial charge in [-0.05, 0) is 0 Å². The van der Waals surface area contributed by atoms with E-state index in [1.165, 1.54) is 28.0 Å². The molecular formula is C6H5N3OS2. The molecule has 2 rings (SSSR count). The first kappa shape index (κ1) is 7.75. The fourth-order valence-electron chi connectivity index (χ4n) is 0.915. The van der Waals surface area contributed by atoms with Crippen molar-refractivity contribution in [3.05, 3.63) is 11.7 Å². The first-order valence-corrected chi connectivity index (χ1v) is 5.08. The second-order valence-corrected chi connectivity index (χ2v) is 3.99. The molecule has 1 aromatic heterocycles. The first-order chi connectivity index (χ1) is 5.79. The summed E-state index contributed by atoms with van der Waals surface area (Å²) in [6.45, 7) is 0. The van der Waals surface area contributed by atoms with Gasteiger partial charge >= 0.3 is 0 Å². The van der Waals surface area contributed by atoms with E-state index in [1.54, 1.807) is 11.7 Å². The highest BCUT2D eigenvalue weighted by Crippen LogP contribution is 2.27. The van der Waals surface area contributed by atoms with Crippen LogP contribution in [0.3, 0.4) is 0 Å². The van der Waals surface area contributed by atoms with Crippen LogP contribution in [-0.2, 0) is 4.79 Å². The van der Waals surface area contributed by atoms with Crippen molar-refractivity contribution in [2.24, 2.45) is 0 Å². The van der Waals surface area contributed by atoms with E-state index in [9.17, 15) is 4.79 Å². The molecule has 0 bridgehead atoms. The summed E-state index contributed by atoms with van der Waals surface area (Å²) < 4.78 is 0. The highest BCUT2D eigenvalue weighted by molar-refractivity contribution is 8.15. The molecule has 0 radical (unpaired) electrons. The van der Waals surface area contributed by atoms with Gasteiger partial charge in [0.05, 0.1) is 17.5 Å². The van der Waals surface area contributed by atoms with E-state index in [-0.39, 0.29) is 5.91 Å². The van der Waals surface area contributed by atoms with Crippen molar-refractivity contribution in [2.45, 2.75) is 0 Å². The van der Waals surface area contributed by atoms with Crippen LogP contribution in [0.15, 0.2) is 11.7 Å². The summed E-state index contributed by atoms with van der Waals surface area (Å²) in [5.41, 5.74) is 1.65. The van der Waals surface area contributed by atoms with Crippen LogP contribution in [0.4, 0.5) is 5.00 Å². The third kappa shape index (κ3) is 1.12. The molecule has 2 heterocycles. The molecule has 4 nitrogen and oxygen atoms in total. The summed E-state index contributed by atoms with van der Waals surface area (Å²) in [6, 6.07) is 0. The van der Waals surface area contributed by atoms with Gasteiger partial charge in [-0.3, -0.25) is 15.2 Å². The topological polar surface area (TPSA) is 57.1 Å². The molecule has 1 N–H and O–H groups in total. The number of rotatable bonds is 1. The molecule has 0 atom stereocenters. The predicted octanol–water partition coefficient (Wildman–Crippen LogP) is 1.16. The lowest BCUT2D eigenvalue weighted by molar-refractivity contribution is -0.115. The molecule has 1 amide bonds. The molecule has 0 saturated carbocycles. The summed E-state index contributed by atoms with van der Waals surface area (Å²) in [6.07, 6.45) is 1.60. The Balaban J connectivity index is 2.34. The first-order valence-electron chi connectivity index (χ1n) is 3.22. The third-order valence-electron chi connectivity index (χ3n) is 1.42. The van der Waals surface area contributed by atoms with Crippen LogP contribution in [0.2, 0.25) is 0 Å². The maximum absolute atomic E-state index is 11.2.